The first-order valence-corrected chi connectivity index (χ1v) is 11.8. The number of piperidine rings is 1. The van der Waals surface area contributed by atoms with Crippen LogP contribution in [0.15, 0.2) is 60.7 Å². The summed E-state index contributed by atoms with van der Waals surface area (Å²) in [6, 6.07) is 19.9. The number of aromatic amines is 1. The Balaban J connectivity index is 1.31. The monoisotopic (exact) mass is 455 g/mol. The number of nitrogens with zero attached hydrogens (tertiary/aromatic N) is 1. The van der Waals surface area contributed by atoms with E-state index in [1.54, 1.807) is 6.07 Å². The zero-order chi connectivity index (χ0) is 23.5. The van der Waals surface area contributed by atoms with Crippen molar-refractivity contribution in [3.8, 4) is 28.3 Å². The van der Waals surface area contributed by atoms with Crippen molar-refractivity contribution < 1.29 is 14.6 Å². The Labute approximate surface area is 199 Å². The molecule has 1 saturated heterocycles. The zero-order valence-electron chi connectivity index (χ0n) is 19.3. The highest BCUT2D eigenvalue weighted by Gasteiger charge is 2.15. The topological polar surface area (TPSA) is 87.2 Å². The summed E-state index contributed by atoms with van der Waals surface area (Å²) in [5.74, 6) is 1.34. The zero-order valence-corrected chi connectivity index (χ0v) is 19.3. The standard InChI is InChI=1S/C28H29N3O3/c1-18-15-24(28(32)33)26-25(16-18)30-27(31-26)21-7-5-20(6-8-21)22-3-2-4-23(17-22)34-14-11-19-9-12-29-13-10-19/h2-8,15-17,19,29H,9-14H2,1H3,(H,30,31)(H,32,33). The molecule has 3 aromatic carbocycles. The molecular formula is C28H29N3O3. The first-order chi connectivity index (χ1) is 16.6. The third-order valence-electron chi connectivity index (χ3n) is 6.55. The van der Waals surface area contributed by atoms with Crippen molar-refractivity contribution in [1.29, 1.82) is 0 Å². The fraction of sp³-hybridized carbons (Fsp3) is 0.286. The largest absolute Gasteiger partial charge is 0.494 e. The molecule has 2 heterocycles. The average Bonchev–Trinajstić information content (AvgIpc) is 3.28. The van der Waals surface area contributed by atoms with E-state index in [4.69, 9.17) is 4.74 Å². The quantitative estimate of drug-likeness (QED) is 0.334. The lowest BCUT2D eigenvalue weighted by atomic mass is 9.95. The van der Waals surface area contributed by atoms with Gasteiger partial charge in [0.15, 0.2) is 0 Å². The summed E-state index contributed by atoms with van der Waals surface area (Å²) in [5, 5.41) is 12.9. The van der Waals surface area contributed by atoms with Crippen LogP contribution >= 0.6 is 0 Å². The number of ether oxygens (including phenoxy) is 1. The number of hydrogen-bond acceptors (Lipinski definition) is 4. The van der Waals surface area contributed by atoms with Gasteiger partial charge in [-0.2, -0.15) is 0 Å². The minimum Gasteiger partial charge on any atom is -0.494 e. The van der Waals surface area contributed by atoms with Gasteiger partial charge < -0.3 is 20.1 Å². The fourth-order valence-corrected chi connectivity index (χ4v) is 4.66. The number of imidazole rings is 1. The second kappa shape index (κ2) is 9.69. The molecule has 0 bridgehead atoms. The highest BCUT2D eigenvalue weighted by Crippen LogP contribution is 2.29. The predicted octanol–water partition coefficient (Wildman–Crippen LogP) is 5.67. The lowest BCUT2D eigenvalue weighted by Gasteiger charge is -2.22. The van der Waals surface area contributed by atoms with Gasteiger partial charge in [-0.1, -0.05) is 36.4 Å². The molecule has 6 nitrogen and oxygen atoms in total. The summed E-state index contributed by atoms with van der Waals surface area (Å²) in [6.45, 7) is 4.85. The fourth-order valence-electron chi connectivity index (χ4n) is 4.66. The van der Waals surface area contributed by atoms with Crippen LogP contribution in [0.4, 0.5) is 0 Å². The Kier molecular flexibility index (Phi) is 6.32. The van der Waals surface area contributed by atoms with Gasteiger partial charge in [0.1, 0.15) is 11.6 Å². The molecule has 174 valence electrons. The maximum Gasteiger partial charge on any atom is 0.337 e. The van der Waals surface area contributed by atoms with Crippen molar-refractivity contribution in [3.05, 3.63) is 71.8 Å². The number of benzene rings is 3. The SMILES string of the molecule is Cc1cc(C(=O)O)c2[nH]c(-c3ccc(-c4cccc(OCCC5CCNCC5)c4)cc3)nc2c1. The number of aromatic carboxylic acids is 1. The van der Waals surface area contributed by atoms with E-state index in [0.717, 1.165) is 60.0 Å². The van der Waals surface area contributed by atoms with Crippen LogP contribution in [-0.4, -0.2) is 40.7 Å². The molecule has 6 heteroatoms. The van der Waals surface area contributed by atoms with Crippen LogP contribution in [0.2, 0.25) is 0 Å². The summed E-state index contributed by atoms with van der Waals surface area (Å²) in [7, 11) is 0. The molecule has 34 heavy (non-hydrogen) atoms. The van der Waals surface area contributed by atoms with Crippen molar-refractivity contribution >= 4 is 17.0 Å². The Morgan fingerprint density at radius 3 is 2.56 bits per heavy atom. The summed E-state index contributed by atoms with van der Waals surface area (Å²) in [5.41, 5.74) is 5.41. The Morgan fingerprint density at radius 1 is 1.03 bits per heavy atom. The summed E-state index contributed by atoms with van der Waals surface area (Å²) in [6.07, 6.45) is 3.57. The first kappa shape index (κ1) is 22.2. The van der Waals surface area contributed by atoms with Gasteiger partial charge in [-0.25, -0.2) is 9.78 Å². The minimum atomic E-state index is -0.961. The van der Waals surface area contributed by atoms with Gasteiger partial charge in [0, 0.05) is 5.56 Å². The molecule has 0 saturated carbocycles. The van der Waals surface area contributed by atoms with Crippen LogP contribution in [0.25, 0.3) is 33.5 Å². The number of hydrogen-bond donors (Lipinski definition) is 3. The van der Waals surface area contributed by atoms with Gasteiger partial charge in [-0.05, 0) is 86.1 Å². The second-order valence-electron chi connectivity index (χ2n) is 9.03. The van der Waals surface area contributed by atoms with Gasteiger partial charge in [0.05, 0.1) is 23.2 Å². The molecule has 0 amide bonds. The van der Waals surface area contributed by atoms with Crippen molar-refractivity contribution in [3.63, 3.8) is 0 Å². The number of aromatic nitrogens is 2. The number of fused-ring (bicyclic) bond motifs is 1. The number of nitrogens with one attached hydrogen (secondary N) is 2. The number of rotatable bonds is 7. The molecule has 5 rings (SSSR count). The van der Waals surface area contributed by atoms with E-state index in [-0.39, 0.29) is 5.56 Å². The van der Waals surface area contributed by atoms with Crippen LogP contribution in [0, 0.1) is 12.8 Å². The van der Waals surface area contributed by atoms with E-state index in [9.17, 15) is 9.90 Å². The molecule has 0 atom stereocenters. The molecule has 1 fully saturated rings. The van der Waals surface area contributed by atoms with Gasteiger partial charge >= 0.3 is 5.97 Å². The molecule has 4 aromatic rings. The van der Waals surface area contributed by atoms with E-state index in [1.165, 1.54) is 12.8 Å². The second-order valence-corrected chi connectivity index (χ2v) is 9.03. The van der Waals surface area contributed by atoms with Gasteiger partial charge in [-0.15, -0.1) is 0 Å². The molecule has 0 unspecified atom stereocenters. The van der Waals surface area contributed by atoms with Crippen molar-refractivity contribution in [2.45, 2.75) is 26.2 Å². The first-order valence-electron chi connectivity index (χ1n) is 11.8. The summed E-state index contributed by atoms with van der Waals surface area (Å²) < 4.78 is 6.05. The normalized spacial score (nSPS) is 14.4. The Hall–Kier alpha value is -3.64. The molecule has 3 N–H and O–H groups in total. The van der Waals surface area contributed by atoms with Crippen LogP contribution in [0.1, 0.15) is 35.2 Å². The summed E-state index contributed by atoms with van der Waals surface area (Å²) >= 11 is 0. The van der Waals surface area contributed by atoms with Crippen molar-refractivity contribution in [2.24, 2.45) is 5.92 Å². The van der Waals surface area contributed by atoms with Crippen LogP contribution in [0.3, 0.4) is 0 Å². The lowest BCUT2D eigenvalue weighted by Crippen LogP contribution is -2.28. The minimum absolute atomic E-state index is 0.238. The Morgan fingerprint density at radius 2 is 1.79 bits per heavy atom. The highest BCUT2D eigenvalue weighted by molar-refractivity contribution is 6.02. The molecular weight excluding hydrogens is 426 g/mol. The third kappa shape index (κ3) is 4.82. The Bertz CT molecular complexity index is 1300. The lowest BCUT2D eigenvalue weighted by molar-refractivity contribution is 0.0698. The maximum absolute atomic E-state index is 11.6. The number of carboxylic acid groups (broad SMARTS) is 1. The molecule has 0 radical (unpaired) electrons. The van der Waals surface area contributed by atoms with Crippen LogP contribution < -0.4 is 10.1 Å². The molecule has 1 aliphatic rings. The molecule has 0 aliphatic carbocycles. The average molecular weight is 456 g/mol. The number of H-pyrrole nitrogens is 1. The highest BCUT2D eigenvalue weighted by atomic mass is 16.5. The number of carboxylic acids is 1. The predicted molar refractivity (Wildman–Crippen MR) is 134 cm³/mol. The van der Waals surface area contributed by atoms with Crippen molar-refractivity contribution in [2.75, 3.05) is 19.7 Å². The van der Waals surface area contributed by atoms with E-state index < -0.39 is 5.97 Å². The van der Waals surface area contributed by atoms with Crippen molar-refractivity contribution in [1.82, 2.24) is 15.3 Å². The molecule has 0 spiro atoms. The third-order valence-corrected chi connectivity index (χ3v) is 6.55. The van der Waals surface area contributed by atoms with Gasteiger partial charge in [0.2, 0.25) is 0 Å². The summed E-state index contributed by atoms with van der Waals surface area (Å²) in [4.78, 5) is 19.5. The van der Waals surface area contributed by atoms with Crippen LogP contribution in [-0.2, 0) is 0 Å². The number of carbonyl (C=O) groups is 1. The van der Waals surface area contributed by atoms with Gasteiger partial charge in [-0.3, -0.25) is 0 Å². The number of aryl methyl sites for hydroxylation is 1. The van der Waals surface area contributed by atoms with E-state index >= 15 is 0 Å². The molecule has 1 aromatic heterocycles. The van der Waals surface area contributed by atoms with E-state index in [2.05, 4.69) is 39.6 Å². The maximum atomic E-state index is 11.6. The molecule has 1 aliphatic heterocycles. The van der Waals surface area contributed by atoms with E-state index in [1.807, 2.05) is 37.3 Å². The smallest absolute Gasteiger partial charge is 0.337 e. The van der Waals surface area contributed by atoms with Crippen LogP contribution in [0.5, 0.6) is 5.75 Å². The van der Waals surface area contributed by atoms with Gasteiger partial charge in [0.25, 0.3) is 0 Å². The van der Waals surface area contributed by atoms with E-state index in [0.29, 0.717) is 16.9 Å².